The van der Waals surface area contributed by atoms with Crippen LogP contribution in [0.4, 0.5) is 0 Å². The minimum atomic E-state index is 1.24. The minimum Gasteiger partial charge on any atom is -0.0622 e. The molecule has 0 radical (unpaired) electrons. The number of hydrogen-bond acceptors (Lipinski definition) is 0. The summed E-state index contributed by atoms with van der Waals surface area (Å²) in [6.45, 7) is 2.18. The maximum Gasteiger partial charge on any atom is -0.0175 e. The molecule has 0 heteroatoms. The molecule has 5 aromatic carbocycles. The van der Waals surface area contributed by atoms with Crippen LogP contribution in [-0.4, -0.2) is 0 Å². The van der Waals surface area contributed by atoms with E-state index in [0.29, 0.717) is 0 Å². The lowest BCUT2D eigenvalue weighted by molar-refractivity contribution is 1.46. The molecule has 0 atom stereocenters. The van der Waals surface area contributed by atoms with E-state index in [0.717, 1.165) is 0 Å². The molecule has 0 aliphatic heterocycles. The predicted molar refractivity (Wildman–Crippen MR) is 133 cm³/mol. The Kier molecular flexibility index (Phi) is 5.21. The van der Waals surface area contributed by atoms with Crippen LogP contribution < -0.4 is 0 Å². The van der Waals surface area contributed by atoms with Crippen LogP contribution in [0, 0.1) is 6.92 Å². The first-order valence-electron chi connectivity index (χ1n) is 10.7. The van der Waals surface area contributed by atoms with Crippen molar-refractivity contribution in [3.63, 3.8) is 0 Å². The van der Waals surface area contributed by atoms with Gasteiger partial charge in [0.05, 0.1) is 0 Å². The average Bonchev–Trinajstić information content (AvgIpc) is 2.85. The van der Waals surface area contributed by atoms with Gasteiger partial charge in [0.1, 0.15) is 0 Å². The Balaban J connectivity index is 1.56. The van der Waals surface area contributed by atoms with Gasteiger partial charge in [-0.3, -0.25) is 0 Å². The summed E-state index contributed by atoms with van der Waals surface area (Å²) < 4.78 is 0. The third-order valence-electron chi connectivity index (χ3n) is 5.68. The minimum absolute atomic E-state index is 1.24. The van der Waals surface area contributed by atoms with Gasteiger partial charge in [-0.1, -0.05) is 109 Å². The highest BCUT2D eigenvalue weighted by Gasteiger charge is 2.07. The Morgan fingerprint density at radius 1 is 0.290 bits per heavy atom. The Morgan fingerprint density at radius 2 is 0.613 bits per heavy atom. The molecule has 0 unspecified atom stereocenters. The Morgan fingerprint density at radius 3 is 1.03 bits per heavy atom. The summed E-state index contributed by atoms with van der Waals surface area (Å²) in [4.78, 5) is 0. The fraction of sp³-hybridized carbons (Fsp3) is 0.0323. The summed E-state index contributed by atoms with van der Waals surface area (Å²) >= 11 is 0. The van der Waals surface area contributed by atoms with E-state index < -0.39 is 0 Å². The maximum absolute atomic E-state index is 2.31. The number of hydrogen-bond donors (Lipinski definition) is 0. The van der Waals surface area contributed by atoms with Gasteiger partial charge in [-0.05, 0) is 75.2 Å². The summed E-state index contributed by atoms with van der Waals surface area (Å²) in [5.74, 6) is 0. The van der Waals surface area contributed by atoms with Gasteiger partial charge in [-0.25, -0.2) is 0 Å². The van der Waals surface area contributed by atoms with E-state index in [9.17, 15) is 0 Å². The van der Waals surface area contributed by atoms with E-state index in [4.69, 9.17) is 0 Å². The zero-order chi connectivity index (χ0) is 21.0. The zero-order valence-corrected chi connectivity index (χ0v) is 17.6. The van der Waals surface area contributed by atoms with Crippen LogP contribution in [-0.2, 0) is 0 Å². The monoisotopic (exact) mass is 396 g/mol. The fourth-order valence-corrected chi connectivity index (χ4v) is 4.13. The van der Waals surface area contributed by atoms with Crippen LogP contribution in [0.1, 0.15) is 5.56 Å². The Bertz CT molecular complexity index is 1210. The van der Waals surface area contributed by atoms with Crippen LogP contribution in [0.5, 0.6) is 0 Å². The zero-order valence-electron chi connectivity index (χ0n) is 17.6. The van der Waals surface area contributed by atoms with E-state index >= 15 is 0 Å². The smallest absolute Gasteiger partial charge is 0.0175 e. The first-order chi connectivity index (χ1) is 15.3. The average molecular weight is 397 g/mol. The van der Waals surface area contributed by atoms with Crippen molar-refractivity contribution >= 4 is 0 Å². The van der Waals surface area contributed by atoms with E-state index in [1.54, 1.807) is 0 Å². The largest absolute Gasteiger partial charge is 0.0622 e. The maximum atomic E-state index is 2.31. The van der Waals surface area contributed by atoms with Crippen molar-refractivity contribution in [2.75, 3.05) is 0 Å². The second-order valence-electron chi connectivity index (χ2n) is 7.98. The number of aryl methyl sites for hydroxylation is 1. The van der Waals surface area contributed by atoms with Crippen molar-refractivity contribution in [2.24, 2.45) is 0 Å². The van der Waals surface area contributed by atoms with E-state index in [1.165, 1.54) is 50.1 Å². The summed E-state index contributed by atoms with van der Waals surface area (Å²) in [5, 5.41) is 0. The molecule has 5 rings (SSSR count). The highest BCUT2D eigenvalue weighted by atomic mass is 14.1. The van der Waals surface area contributed by atoms with Crippen molar-refractivity contribution in [3.05, 3.63) is 133 Å². The van der Waals surface area contributed by atoms with E-state index in [1.807, 2.05) is 0 Å². The third kappa shape index (κ3) is 4.20. The van der Waals surface area contributed by atoms with Crippen molar-refractivity contribution in [1.29, 1.82) is 0 Å². The Hall–Kier alpha value is -3.90. The molecule has 0 amide bonds. The molecule has 0 saturated carbocycles. The third-order valence-corrected chi connectivity index (χ3v) is 5.68. The van der Waals surface area contributed by atoms with Crippen LogP contribution >= 0.6 is 0 Å². The lowest BCUT2D eigenvalue weighted by Gasteiger charge is -2.11. The summed E-state index contributed by atoms with van der Waals surface area (Å²) in [6.07, 6.45) is 0. The molecule has 0 aliphatic rings. The molecule has 0 aliphatic carbocycles. The van der Waals surface area contributed by atoms with Crippen LogP contribution in [0.2, 0.25) is 0 Å². The quantitative estimate of drug-likeness (QED) is 0.285. The van der Waals surface area contributed by atoms with Gasteiger partial charge in [0.2, 0.25) is 0 Å². The summed E-state index contributed by atoms with van der Waals surface area (Å²) in [5.41, 5.74) is 11.2. The van der Waals surface area contributed by atoms with Crippen LogP contribution in [0.15, 0.2) is 127 Å². The topological polar surface area (TPSA) is 0 Å². The molecule has 148 valence electrons. The molecule has 0 spiro atoms. The van der Waals surface area contributed by atoms with E-state index in [-0.39, 0.29) is 0 Å². The van der Waals surface area contributed by atoms with Crippen molar-refractivity contribution in [3.8, 4) is 44.5 Å². The molecule has 5 aromatic rings. The molecule has 0 fully saturated rings. The molecule has 31 heavy (non-hydrogen) atoms. The van der Waals surface area contributed by atoms with Gasteiger partial charge >= 0.3 is 0 Å². The second kappa shape index (κ2) is 8.45. The first kappa shape index (κ1) is 19.1. The van der Waals surface area contributed by atoms with Gasteiger partial charge in [0.15, 0.2) is 0 Å². The lowest BCUT2D eigenvalue weighted by Crippen LogP contribution is -1.86. The molecular weight excluding hydrogens is 372 g/mol. The van der Waals surface area contributed by atoms with Crippen molar-refractivity contribution in [1.82, 2.24) is 0 Å². The standard InChI is InChI=1S/C31H24/c1-23-18-30(28-16-8-14-26(20-28)24-10-4-2-5-11-24)22-31(19-23)29-17-9-15-27(21-29)25-12-6-3-7-13-25/h2-22H,1H3. The molecule has 0 bridgehead atoms. The number of benzene rings is 5. The molecular formula is C31H24. The Labute approximate surface area is 184 Å². The first-order valence-corrected chi connectivity index (χ1v) is 10.7. The highest BCUT2D eigenvalue weighted by Crippen LogP contribution is 2.32. The summed E-state index contributed by atoms with van der Waals surface area (Å²) in [7, 11) is 0. The van der Waals surface area contributed by atoms with Gasteiger partial charge in [0.25, 0.3) is 0 Å². The molecule has 0 aromatic heterocycles. The number of rotatable bonds is 4. The summed E-state index contributed by atoms with van der Waals surface area (Å²) in [6, 6.07) is 45.6. The lowest BCUT2D eigenvalue weighted by atomic mass is 9.93. The molecule has 0 nitrogen and oxygen atoms in total. The van der Waals surface area contributed by atoms with Crippen molar-refractivity contribution < 1.29 is 0 Å². The fourth-order valence-electron chi connectivity index (χ4n) is 4.13. The molecule has 0 heterocycles. The predicted octanol–water partition coefficient (Wildman–Crippen LogP) is 8.66. The van der Waals surface area contributed by atoms with Gasteiger partial charge in [0, 0.05) is 0 Å². The molecule has 0 saturated heterocycles. The normalized spacial score (nSPS) is 10.7. The van der Waals surface area contributed by atoms with Crippen LogP contribution in [0.25, 0.3) is 44.5 Å². The van der Waals surface area contributed by atoms with Gasteiger partial charge < -0.3 is 0 Å². The van der Waals surface area contributed by atoms with E-state index in [2.05, 4.69) is 134 Å². The second-order valence-corrected chi connectivity index (χ2v) is 7.98. The SMILES string of the molecule is Cc1cc(-c2cccc(-c3ccccc3)c2)cc(-c2cccc(-c3ccccc3)c2)c1. The van der Waals surface area contributed by atoms with Crippen LogP contribution in [0.3, 0.4) is 0 Å². The van der Waals surface area contributed by atoms with Crippen molar-refractivity contribution in [2.45, 2.75) is 6.92 Å². The van der Waals surface area contributed by atoms with Gasteiger partial charge in [-0.2, -0.15) is 0 Å². The highest BCUT2D eigenvalue weighted by molar-refractivity contribution is 5.79. The molecule has 0 N–H and O–H groups in total. The van der Waals surface area contributed by atoms with Gasteiger partial charge in [-0.15, -0.1) is 0 Å².